The summed E-state index contributed by atoms with van der Waals surface area (Å²) >= 11 is 0. The van der Waals surface area contributed by atoms with Gasteiger partial charge in [-0.3, -0.25) is 0 Å². The fourth-order valence-corrected chi connectivity index (χ4v) is 2.43. The number of para-hydroxylation sites is 1. The van der Waals surface area contributed by atoms with E-state index >= 15 is 0 Å². The number of hydrogen-bond donors (Lipinski definition) is 0. The van der Waals surface area contributed by atoms with Gasteiger partial charge in [0, 0.05) is 18.2 Å². The van der Waals surface area contributed by atoms with E-state index in [-0.39, 0.29) is 0 Å². The first kappa shape index (κ1) is 15.2. The lowest BCUT2D eigenvalue weighted by Gasteiger charge is -2.12. The Kier molecular flexibility index (Phi) is 4.67. The summed E-state index contributed by atoms with van der Waals surface area (Å²) in [5.74, 6) is 2.26. The van der Waals surface area contributed by atoms with Crippen LogP contribution in [0.3, 0.4) is 0 Å². The normalized spacial score (nSPS) is 10.5. The number of aromatic nitrogens is 2. The fourth-order valence-electron chi connectivity index (χ4n) is 2.43. The van der Waals surface area contributed by atoms with Crippen LogP contribution in [0.25, 0.3) is 0 Å². The zero-order valence-electron chi connectivity index (χ0n) is 13.5. The molecular weight excluding hydrogens is 284 g/mol. The molecule has 2 aromatic carbocycles. The van der Waals surface area contributed by atoms with Gasteiger partial charge in [-0.25, -0.2) is 4.98 Å². The Bertz CT molecular complexity index is 785. The van der Waals surface area contributed by atoms with E-state index in [1.165, 1.54) is 11.1 Å². The van der Waals surface area contributed by atoms with E-state index in [4.69, 9.17) is 4.74 Å². The van der Waals surface area contributed by atoms with Crippen molar-refractivity contribution < 1.29 is 4.74 Å². The zero-order chi connectivity index (χ0) is 16.1. The van der Waals surface area contributed by atoms with E-state index in [1.807, 2.05) is 49.5 Å². The first-order valence-corrected chi connectivity index (χ1v) is 7.88. The van der Waals surface area contributed by atoms with Crippen LogP contribution in [-0.4, -0.2) is 9.97 Å². The molecule has 23 heavy (non-hydrogen) atoms. The zero-order valence-corrected chi connectivity index (χ0v) is 13.5. The molecule has 116 valence electrons. The molecule has 1 aromatic heterocycles. The topological polar surface area (TPSA) is 35.0 Å². The van der Waals surface area contributed by atoms with E-state index < -0.39 is 0 Å². The van der Waals surface area contributed by atoms with Crippen molar-refractivity contribution in [3.63, 3.8) is 0 Å². The number of benzene rings is 2. The van der Waals surface area contributed by atoms with Gasteiger partial charge in [0.1, 0.15) is 11.6 Å². The number of aryl methyl sites for hydroxylation is 2. The average Bonchev–Trinajstić information content (AvgIpc) is 2.59. The monoisotopic (exact) mass is 304 g/mol. The van der Waals surface area contributed by atoms with Crippen molar-refractivity contribution in [1.82, 2.24) is 9.97 Å². The highest BCUT2D eigenvalue weighted by atomic mass is 16.5. The summed E-state index contributed by atoms with van der Waals surface area (Å²) in [4.78, 5) is 9.03. The van der Waals surface area contributed by atoms with Crippen LogP contribution in [0.2, 0.25) is 0 Å². The Balaban J connectivity index is 1.86. The number of nitrogens with zero attached hydrogens (tertiary/aromatic N) is 2. The van der Waals surface area contributed by atoms with Crippen LogP contribution in [0.5, 0.6) is 11.6 Å². The molecule has 3 nitrogen and oxygen atoms in total. The van der Waals surface area contributed by atoms with Crippen LogP contribution in [0.4, 0.5) is 0 Å². The summed E-state index contributed by atoms with van der Waals surface area (Å²) in [6.07, 6.45) is 3.46. The molecule has 0 unspecified atom stereocenters. The highest BCUT2D eigenvalue weighted by molar-refractivity contribution is 5.37. The minimum Gasteiger partial charge on any atom is -0.438 e. The summed E-state index contributed by atoms with van der Waals surface area (Å²) in [7, 11) is 0. The molecular formula is C20H20N2O. The Labute approximate surface area is 137 Å². The van der Waals surface area contributed by atoms with Gasteiger partial charge in [-0.15, -0.1) is 0 Å². The van der Waals surface area contributed by atoms with Gasteiger partial charge in [-0.05, 0) is 30.5 Å². The van der Waals surface area contributed by atoms with Gasteiger partial charge in [0.2, 0.25) is 5.88 Å². The van der Waals surface area contributed by atoms with E-state index in [2.05, 4.69) is 35.1 Å². The molecule has 0 N–H and O–H groups in total. The molecule has 1 heterocycles. The maximum Gasteiger partial charge on any atom is 0.225 e. The Hall–Kier alpha value is -2.68. The second-order valence-electron chi connectivity index (χ2n) is 5.50. The number of hydrogen-bond acceptors (Lipinski definition) is 3. The first-order chi connectivity index (χ1) is 11.3. The molecule has 0 saturated heterocycles. The fraction of sp³-hybridized carbons (Fsp3) is 0.200. The van der Waals surface area contributed by atoms with Crippen molar-refractivity contribution in [3.8, 4) is 11.6 Å². The van der Waals surface area contributed by atoms with Crippen molar-refractivity contribution in [2.75, 3.05) is 0 Å². The molecule has 3 aromatic rings. The standard InChI is InChI=1S/C20H20N2O/c1-3-17-11-7-8-12-18(17)23-20-15(2)14-21-19(22-20)13-16-9-5-4-6-10-16/h4-12,14H,3,13H2,1-2H3. The molecule has 0 fully saturated rings. The molecule has 3 heteroatoms. The minimum atomic E-state index is 0.631. The van der Waals surface area contributed by atoms with Gasteiger partial charge < -0.3 is 4.74 Å². The van der Waals surface area contributed by atoms with Crippen LogP contribution >= 0.6 is 0 Å². The molecule has 3 rings (SSSR count). The van der Waals surface area contributed by atoms with Crippen molar-refractivity contribution in [2.45, 2.75) is 26.7 Å². The van der Waals surface area contributed by atoms with Gasteiger partial charge in [-0.1, -0.05) is 55.5 Å². The van der Waals surface area contributed by atoms with Crippen LogP contribution in [0.15, 0.2) is 60.8 Å². The summed E-state index contributed by atoms with van der Waals surface area (Å²) in [5, 5.41) is 0. The van der Waals surface area contributed by atoms with E-state index in [1.54, 1.807) is 0 Å². The highest BCUT2D eigenvalue weighted by Gasteiger charge is 2.09. The van der Waals surface area contributed by atoms with Gasteiger partial charge in [0.05, 0.1) is 0 Å². The lowest BCUT2D eigenvalue weighted by molar-refractivity contribution is 0.450. The first-order valence-electron chi connectivity index (χ1n) is 7.88. The third-order valence-electron chi connectivity index (χ3n) is 3.74. The predicted molar refractivity (Wildman–Crippen MR) is 91.9 cm³/mol. The molecule has 0 saturated carbocycles. The third-order valence-corrected chi connectivity index (χ3v) is 3.74. The predicted octanol–water partition coefficient (Wildman–Crippen LogP) is 4.73. The van der Waals surface area contributed by atoms with Gasteiger partial charge in [-0.2, -0.15) is 4.98 Å². The van der Waals surface area contributed by atoms with Crippen LogP contribution < -0.4 is 4.74 Å². The Morgan fingerprint density at radius 3 is 2.48 bits per heavy atom. The average molecular weight is 304 g/mol. The third kappa shape index (κ3) is 3.75. The van der Waals surface area contributed by atoms with Gasteiger partial charge in [0.25, 0.3) is 0 Å². The van der Waals surface area contributed by atoms with Crippen molar-refractivity contribution >= 4 is 0 Å². The molecule has 0 amide bonds. The van der Waals surface area contributed by atoms with Crippen LogP contribution in [0, 0.1) is 6.92 Å². The maximum atomic E-state index is 6.06. The van der Waals surface area contributed by atoms with E-state index in [0.29, 0.717) is 12.3 Å². The molecule has 0 aliphatic carbocycles. The second-order valence-corrected chi connectivity index (χ2v) is 5.50. The summed E-state index contributed by atoms with van der Waals surface area (Å²) < 4.78 is 6.06. The lowest BCUT2D eigenvalue weighted by atomic mass is 10.1. The van der Waals surface area contributed by atoms with Crippen molar-refractivity contribution in [1.29, 1.82) is 0 Å². The summed E-state index contributed by atoms with van der Waals surface area (Å²) in [5.41, 5.74) is 3.30. The van der Waals surface area contributed by atoms with Crippen molar-refractivity contribution in [2.24, 2.45) is 0 Å². The van der Waals surface area contributed by atoms with E-state index in [0.717, 1.165) is 23.6 Å². The summed E-state index contributed by atoms with van der Waals surface area (Å²) in [6.45, 7) is 4.09. The Morgan fingerprint density at radius 1 is 0.957 bits per heavy atom. The second kappa shape index (κ2) is 7.05. The number of ether oxygens (including phenoxy) is 1. The van der Waals surface area contributed by atoms with Gasteiger partial charge >= 0.3 is 0 Å². The molecule has 0 aliphatic rings. The van der Waals surface area contributed by atoms with Crippen LogP contribution in [0.1, 0.15) is 29.4 Å². The molecule has 0 radical (unpaired) electrons. The SMILES string of the molecule is CCc1ccccc1Oc1nc(Cc2ccccc2)ncc1C. The lowest BCUT2D eigenvalue weighted by Crippen LogP contribution is -2.01. The molecule has 0 aliphatic heterocycles. The maximum absolute atomic E-state index is 6.06. The largest absolute Gasteiger partial charge is 0.438 e. The highest BCUT2D eigenvalue weighted by Crippen LogP contribution is 2.26. The summed E-state index contributed by atoms with van der Waals surface area (Å²) in [6, 6.07) is 18.3. The minimum absolute atomic E-state index is 0.631. The number of rotatable bonds is 5. The Morgan fingerprint density at radius 2 is 1.70 bits per heavy atom. The quantitative estimate of drug-likeness (QED) is 0.683. The van der Waals surface area contributed by atoms with E-state index in [9.17, 15) is 0 Å². The van der Waals surface area contributed by atoms with Crippen LogP contribution in [-0.2, 0) is 12.8 Å². The molecule has 0 atom stereocenters. The molecule has 0 bridgehead atoms. The van der Waals surface area contributed by atoms with Gasteiger partial charge in [0.15, 0.2) is 0 Å². The smallest absolute Gasteiger partial charge is 0.225 e. The molecule has 0 spiro atoms. The van der Waals surface area contributed by atoms with Crippen molar-refractivity contribution in [3.05, 3.63) is 83.3 Å².